The van der Waals surface area contributed by atoms with E-state index in [0.29, 0.717) is 24.7 Å². The van der Waals surface area contributed by atoms with Crippen LogP contribution in [0, 0.1) is 6.92 Å². The van der Waals surface area contributed by atoms with Crippen LogP contribution in [0.2, 0.25) is 0 Å². The largest absolute Gasteiger partial charge is 0.371 e. The Labute approximate surface area is 126 Å². The average Bonchev–Trinajstić information content (AvgIpc) is 3.11. The first-order valence-corrected chi connectivity index (χ1v) is 7.74. The molecule has 6 nitrogen and oxygen atoms in total. The Balaban J connectivity index is 1.53. The number of aryl methyl sites for hydroxylation is 1. The summed E-state index contributed by atoms with van der Waals surface area (Å²) in [6.07, 6.45) is 0.0482. The molecule has 0 aromatic carbocycles. The molecule has 0 saturated carbocycles. The molecular formula is C14H17N3O3S. The van der Waals surface area contributed by atoms with Crippen molar-refractivity contribution in [3.05, 3.63) is 34.2 Å². The van der Waals surface area contributed by atoms with Crippen LogP contribution in [0.15, 0.2) is 27.4 Å². The van der Waals surface area contributed by atoms with Gasteiger partial charge < -0.3 is 14.6 Å². The van der Waals surface area contributed by atoms with Gasteiger partial charge in [-0.25, -0.2) is 0 Å². The molecule has 1 unspecified atom stereocenters. The molecule has 1 fully saturated rings. The quantitative estimate of drug-likeness (QED) is 0.936. The highest BCUT2D eigenvalue weighted by Crippen LogP contribution is 2.24. The summed E-state index contributed by atoms with van der Waals surface area (Å²) in [5, 5.41) is 10.6. The van der Waals surface area contributed by atoms with E-state index < -0.39 is 0 Å². The van der Waals surface area contributed by atoms with Crippen LogP contribution in [0.3, 0.4) is 0 Å². The summed E-state index contributed by atoms with van der Waals surface area (Å²) in [6.45, 7) is 4.23. The molecule has 7 heteroatoms. The lowest BCUT2D eigenvalue weighted by atomic mass is 10.1. The second-order valence-corrected chi connectivity index (χ2v) is 5.80. The third-order valence-electron chi connectivity index (χ3n) is 3.33. The summed E-state index contributed by atoms with van der Waals surface area (Å²) in [6, 6.07) is 3.77. The minimum atomic E-state index is -0.0886. The first-order chi connectivity index (χ1) is 10.2. The number of hydrogen-bond acceptors (Lipinski definition) is 6. The maximum Gasteiger partial charge on any atom is 0.239 e. The summed E-state index contributed by atoms with van der Waals surface area (Å²) in [7, 11) is 0. The van der Waals surface area contributed by atoms with E-state index in [2.05, 4.69) is 26.8 Å². The van der Waals surface area contributed by atoms with Gasteiger partial charge in [0.05, 0.1) is 19.3 Å². The topological polar surface area (TPSA) is 67.6 Å². The van der Waals surface area contributed by atoms with E-state index in [-0.39, 0.29) is 12.0 Å². The van der Waals surface area contributed by atoms with Crippen molar-refractivity contribution in [3.63, 3.8) is 0 Å². The lowest BCUT2D eigenvalue weighted by Gasteiger charge is -2.32. The highest BCUT2D eigenvalue weighted by molar-refractivity contribution is 7.07. The Bertz CT molecular complexity index is 596. The molecule has 0 bridgehead atoms. The normalized spacial score (nSPS) is 19.6. The Kier molecular flexibility index (Phi) is 4.33. The molecule has 1 aliphatic rings. The van der Waals surface area contributed by atoms with Crippen molar-refractivity contribution in [1.29, 1.82) is 0 Å². The lowest BCUT2D eigenvalue weighted by Crippen LogP contribution is -2.42. The van der Waals surface area contributed by atoms with Crippen molar-refractivity contribution < 1.29 is 14.1 Å². The molecule has 1 saturated heterocycles. The highest BCUT2D eigenvalue weighted by Gasteiger charge is 2.23. The fourth-order valence-electron chi connectivity index (χ4n) is 2.32. The number of amides is 1. The second kappa shape index (κ2) is 6.38. The smallest absolute Gasteiger partial charge is 0.239 e. The molecule has 2 aromatic heterocycles. The van der Waals surface area contributed by atoms with Gasteiger partial charge >= 0.3 is 0 Å². The Morgan fingerprint density at radius 3 is 3.24 bits per heavy atom. The average molecular weight is 307 g/mol. The number of nitrogens with one attached hydrogen (secondary N) is 1. The number of thiophene rings is 1. The highest BCUT2D eigenvalue weighted by atomic mass is 32.1. The Hall–Kier alpha value is -1.70. The number of aromatic nitrogens is 1. The van der Waals surface area contributed by atoms with E-state index >= 15 is 0 Å². The maximum atomic E-state index is 12.0. The van der Waals surface area contributed by atoms with Crippen LogP contribution in [-0.2, 0) is 9.53 Å². The number of hydrogen-bond donors (Lipinski definition) is 1. The predicted octanol–water partition coefficient (Wildman–Crippen LogP) is 2.06. The summed E-state index contributed by atoms with van der Waals surface area (Å²) in [5.41, 5.74) is 1.18. The standard InChI is InChI=1S/C14H17N3O3S/c1-10-6-13(16-20-10)15-14(18)8-17-3-4-19-12(7-17)11-2-5-21-9-11/h2,5-6,9,12H,3-4,7-8H2,1H3,(H,15,16,18). The van der Waals surface area contributed by atoms with E-state index in [1.54, 1.807) is 24.3 Å². The molecule has 1 amide bonds. The first-order valence-electron chi connectivity index (χ1n) is 6.80. The van der Waals surface area contributed by atoms with Crippen LogP contribution in [0.1, 0.15) is 17.4 Å². The van der Waals surface area contributed by atoms with Crippen LogP contribution < -0.4 is 5.32 Å². The fraction of sp³-hybridized carbons (Fsp3) is 0.429. The number of rotatable bonds is 4. The molecule has 0 radical (unpaired) electrons. The van der Waals surface area contributed by atoms with Crippen LogP contribution >= 0.6 is 11.3 Å². The van der Waals surface area contributed by atoms with E-state index in [9.17, 15) is 4.79 Å². The van der Waals surface area contributed by atoms with Crippen molar-refractivity contribution in [3.8, 4) is 0 Å². The van der Waals surface area contributed by atoms with E-state index in [0.717, 1.165) is 13.1 Å². The molecule has 1 N–H and O–H groups in total. The minimum absolute atomic E-state index is 0.0482. The van der Waals surface area contributed by atoms with Gasteiger partial charge in [-0.05, 0) is 29.3 Å². The second-order valence-electron chi connectivity index (χ2n) is 5.02. The zero-order chi connectivity index (χ0) is 14.7. The Morgan fingerprint density at radius 2 is 2.52 bits per heavy atom. The van der Waals surface area contributed by atoms with E-state index in [1.807, 2.05) is 5.38 Å². The molecule has 3 heterocycles. The van der Waals surface area contributed by atoms with Crippen LogP contribution in [0.4, 0.5) is 5.82 Å². The van der Waals surface area contributed by atoms with Gasteiger partial charge in [0.25, 0.3) is 0 Å². The summed E-state index contributed by atoms with van der Waals surface area (Å²) in [5.74, 6) is 1.05. The molecule has 0 spiro atoms. The summed E-state index contributed by atoms with van der Waals surface area (Å²) in [4.78, 5) is 14.1. The van der Waals surface area contributed by atoms with Gasteiger partial charge in [0, 0.05) is 19.2 Å². The van der Waals surface area contributed by atoms with Crippen molar-refractivity contribution in [2.75, 3.05) is 31.6 Å². The number of nitrogens with zero attached hydrogens (tertiary/aromatic N) is 2. The molecule has 1 atom stereocenters. The molecule has 21 heavy (non-hydrogen) atoms. The third-order valence-corrected chi connectivity index (χ3v) is 4.03. The van der Waals surface area contributed by atoms with E-state index in [1.165, 1.54) is 5.56 Å². The van der Waals surface area contributed by atoms with Crippen LogP contribution in [-0.4, -0.2) is 42.2 Å². The molecular weight excluding hydrogens is 290 g/mol. The molecule has 1 aliphatic heterocycles. The SMILES string of the molecule is Cc1cc(NC(=O)CN2CCOC(c3ccsc3)C2)no1. The molecule has 112 valence electrons. The van der Waals surface area contributed by atoms with Crippen molar-refractivity contribution in [1.82, 2.24) is 10.1 Å². The molecule has 0 aliphatic carbocycles. The van der Waals surface area contributed by atoms with Gasteiger partial charge in [-0.15, -0.1) is 0 Å². The third kappa shape index (κ3) is 3.69. The first kappa shape index (κ1) is 14.2. The zero-order valence-corrected chi connectivity index (χ0v) is 12.6. The van der Waals surface area contributed by atoms with Crippen molar-refractivity contribution >= 4 is 23.1 Å². The number of ether oxygens (including phenoxy) is 1. The van der Waals surface area contributed by atoms with Crippen LogP contribution in [0.5, 0.6) is 0 Å². The van der Waals surface area contributed by atoms with Gasteiger partial charge in [-0.3, -0.25) is 9.69 Å². The maximum absolute atomic E-state index is 12.0. The lowest BCUT2D eigenvalue weighted by molar-refractivity contribution is -0.119. The number of morpholine rings is 1. The van der Waals surface area contributed by atoms with Crippen LogP contribution in [0.25, 0.3) is 0 Å². The minimum Gasteiger partial charge on any atom is -0.371 e. The summed E-state index contributed by atoms with van der Waals surface area (Å²) < 4.78 is 10.7. The van der Waals surface area contributed by atoms with Gasteiger partial charge in [0.1, 0.15) is 5.76 Å². The van der Waals surface area contributed by atoms with Gasteiger partial charge in [-0.1, -0.05) is 5.16 Å². The number of carbonyl (C=O) groups excluding carboxylic acids is 1. The zero-order valence-electron chi connectivity index (χ0n) is 11.7. The predicted molar refractivity (Wildman–Crippen MR) is 79.3 cm³/mol. The van der Waals surface area contributed by atoms with Crippen molar-refractivity contribution in [2.45, 2.75) is 13.0 Å². The van der Waals surface area contributed by atoms with E-state index in [4.69, 9.17) is 9.26 Å². The fourth-order valence-corrected chi connectivity index (χ4v) is 3.02. The number of carbonyl (C=O) groups is 1. The molecule has 3 rings (SSSR count). The molecule has 2 aromatic rings. The van der Waals surface area contributed by atoms with Gasteiger partial charge in [-0.2, -0.15) is 11.3 Å². The van der Waals surface area contributed by atoms with Crippen molar-refractivity contribution in [2.24, 2.45) is 0 Å². The van der Waals surface area contributed by atoms with Gasteiger partial charge in [0.15, 0.2) is 5.82 Å². The van der Waals surface area contributed by atoms with Gasteiger partial charge in [0.2, 0.25) is 5.91 Å². The Morgan fingerprint density at radius 1 is 1.62 bits per heavy atom. The summed E-state index contributed by atoms with van der Waals surface area (Å²) >= 11 is 1.66. The number of anilines is 1. The monoisotopic (exact) mass is 307 g/mol.